The lowest BCUT2D eigenvalue weighted by Gasteiger charge is -2.13. The molecule has 2 aromatic heterocycles. The van der Waals surface area contributed by atoms with Gasteiger partial charge >= 0.3 is 18.3 Å². The maximum Gasteiger partial charge on any atom is 0.416 e. The number of anilines is 1. The molecule has 0 aliphatic rings. The molecular weight excluding hydrogens is 586 g/mol. The van der Waals surface area contributed by atoms with Gasteiger partial charge < -0.3 is 14.8 Å². The number of carboxylic acid groups (broad SMARTS) is 1. The number of aliphatic carboxylic acids is 1. The number of carbonyl (C=O) groups excluding carboxylic acids is 1. The third-order valence-electron chi connectivity index (χ3n) is 5.25. The van der Waals surface area contributed by atoms with Gasteiger partial charge in [-0.1, -0.05) is 11.6 Å². The first-order valence-electron chi connectivity index (χ1n) is 11.0. The molecule has 40 heavy (non-hydrogen) atoms. The van der Waals surface area contributed by atoms with Crippen LogP contribution in [0.15, 0.2) is 64.4 Å². The highest BCUT2D eigenvalue weighted by Gasteiger charge is 2.36. The second-order valence-electron chi connectivity index (χ2n) is 8.22. The number of nitrogens with zero attached hydrogens (tertiary/aromatic N) is 1. The van der Waals surface area contributed by atoms with Crippen LogP contribution in [-0.2, 0) is 28.4 Å². The maximum absolute atomic E-state index is 13.0. The summed E-state index contributed by atoms with van der Waals surface area (Å²) in [6.45, 7) is 0. The number of benzene rings is 2. The van der Waals surface area contributed by atoms with Gasteiger partial charge in [0, 0.05) is 22.7 Å². The Balaban J connectivity index is 1.47. The van der Waals surface area contributed by atoms with E-state index in [4.69, 9.17) is 21.1 Å². The van der Waals surface area contributed by atoms with Crippen LogP contribution in [0.2, 0.25) is 5.02 Å². The molecule has 0 radical (unpaired) electrons. The second-order valence-corrected chi connectivity index (χ2v) is 9.57. The average molecular weight is 601 g/mol. The molecule has 4 aromatic rings. The Morgan fingerprint density at radius 2 is 1.62 bits per heavy atom. The Morgan fingerprint density at radius 1 is 0.975 bits per heavy atom. The molecule has 6 nitrogen and oxygen atoms in total. The van der Waals surface area contributed by atoms with Crippen LogP contribution >= 0.6 is 22.9 Å². The highest BCUT2D eigenvalue weighted by atomic mass is 35.5. The second kappa shape index (κ2) is 11.2. The van der Waals surface area contributed by atoms with E-state index >= 15 is 0 Å². The molecule has 208 valence electrons. The predicted molar refractivity (Wildman–Crippen MR) is 136 cm³/mol. The maximum atomic E-state index is 13.0. The predicted octanol–water partition coefficient (Wildman–Crippen LogP) is 8.04. The number of furan rings is 1. The molecule has 0 bridgehead atoms. The summed E-state index contributed by atoms with van der Waals surface area (Å²) in [6.07, 6.45) is -8.62. The molecule has 0 saturated heterocycles. The Hall–Kier alpha value is -4.10. The Kier molecular flexibility index (Phi) is 8.08. The lowest BCUT2D eigenvalue weighted by atomic mass is 10.0. The summed E-state index contributed by atoms with van der Waals surface area (Å²) in [5.74, 6) is -1.10. The molecule has 2 N–H and O–H groups in total. The summed E-state index contributed by atoms with van der Waals surface area (Å²) >= 11 is 7.51. The van der Waals surface area contributed by atoms with Gasteiger partial charge in [-0.2, -0.15) is 26.3 Å². The van der Waals surface area contributed by atoms with E-state index in [9.17, 15) is 35.9 Å². The van der Waals surface area contributed by atoms with Crippen molar-refractivity contribution in [2.24, 2.45) is 0 Å². The molecule has 0 saturated carbocycles. The standard InChI is InChI=1S/C26H15ClF6N2O4S/c27-18-10-16(2-3-17(18)20-4-5-21(39-20)19-12-40-23(35-19)11-24(37)38)34-22(36)6-1-13-7-14(25(28,29)30)9-15(8-13)26(31,32)33/h1-10,12H,11H2,(H,34,36)(H,37,38)/b6-1+. The summed E-state index contributed by atoms with van der Waals surface area (Å²) in [7, 11) is 0. The van der Waals surface area contributed by atoms with Crippen LogP contribution in [0.4, 0.5) is 32.0 Å². The van der Waals surface area contributed by atoms with Crippen molar-refractivity contribution in [2.75, 3.05) is 5.32 Å². The number of amides is 1. The van der Waals surface area contributed by atoms with Gasteiger partial charge in [0.25, 0.3) is 0 Å². The lowest BCUT2D eigenvalue weighted by Crippen LogP contribution is -2.11. The van der Waals surface area contributed by atoms with E-state index < -0.39 is 40.9 Å². The quantitative estimate of drug-likeness (QED) is 0.165. The van der Waals surface area contributed by atoms with Crippen LogP contribution in [0.1, 0.15) is 21.7 Å². The topological polar surface area (TPSA) is 92.4 Å². The summed E-state index contributed by atoms with van der Waals surface area (Å²) in [4.78, 5) is 27.4. The first-order valence-corrected chi connectivity index (χ1v) is 12.3. The van der Waals surface area contributed by atoms with Gasteiger partial charge in [0.05, 0.1) is 22.6 Å². The molecule has 4 rings (SSSR count). The Morgan fingerprint density at radius 3 is 2.23 bits per heavy atom. The van der Waals surface area contributed by atoms with Gasteiger partial charge in [-0.25, -0.2) is 4.98 Å². The van der Waals surface area contributed by atoms with Crippen LogP contribution in [0.5, 0.6) is 0 Å². The van der Waals surface area contributed by atoms with Crippen molar-refractivity contribution < 1.29 is 45.5 Å². The van der Waals surface area contributed by atoms with Gasteiger partial charge in [-0.3, -0.25) is 9.59 Å². The fourth-order valence-corrected chi connectivity index (χ4v) is 4.53. The number of thiazole rings is 1. The third kappa shape index (κ3) is 7.10. The number of halogens is 7. The van der Waals surface area contributed by atoms with E-state index in [2.05, 4.69) is 10.3 Å². The van der Waals surface area contributed by atoms with Crippen molar-refractivity contribution in [1.29, 1.82) is 0 Å². The summed E-state index contributed by atoms with van der Waals surface area (Å²) in [5, 5.41) is 13.5. The van der Waals surface area contributed by atoms with Crippen molar-refractivity contribution in [3.8, 4) is 22.8 Å². The first kappa shape index (κ1) is 28.9. The van der Waals surface area contributed by atoms with Crippen LogP contribution < -0.4 is 5.32 Å². The molecule has 0 aliphatic carbocycles. The number of nitrogens with one attached hydrogen (secondary N) is 1. The Bertz CT molecular complexity index is 1570. The van der Waals surface area contributed by atoms with Gasteiger partial charge in [0.15, 0.2) is 5.76 Å². The highest BCUT2D eigenvalue weighted by Crippen LogP contribution is 2.37. The van der Waals surface area contributed by atoms with E-state index in [1.54, 1.807) is 17.5 Å². The number of carbonyl (C=O) groups is 2. The zero-order valence-corrected chi connectivity index (χ0v) is 21.3. The first-order chi connectivity index (χ1) is 18.7. The van der Waals surface area contributed by atoms with Crippen molar-refractivity contribution >= 4 is 46.6 Å². The van der Waals surface area contributed by atoms with Crippen LogP contribution in [-0.4, -0.2) is 22.0 Å². The zero-order chi connectivity index (χ0) is 29.2. The molecule has 0 spiro atoms. The highest BCUT2D eigenvalue weighted by molar-refractivity contribution is 7.10. The minimum absolute atomic E-state index is 0.00345. The molecule has 0 fully saturated rings. The fraction of sp³-hybridized carbons (Fsp3) is 0.115. The minimum Gasteiger partial charge on any atom is -0.481 e. The minimum atomic E-state index is -5.01. The smallest absolute Gasteiger partial charge is 0.416 e. The molecule has 0 atom stereocenters. The van der Waals surface area contributed by atoms with Crippen LogP contribution in [0, 0.1) is 0 Å². The van der Waals surface area contributed by atoms with Crippen molar-refractivity contribution in [2.45, 2.75) is 18.8 Å². The van der Waals surface area contributed by atoms with E-state index in [1.807, 2.05) is 0 Å². The van der Waals surface area contributed by atoms with Gasteiger partial charge in [0.2, 0.25) is 5.91 Å². The third-order valence-corrected chi connectivity index (χ3v) is 6.41. The van der Waals surface area contributed by atoms with E-state index in [0.717, 1.165) is 12.2 Å². The normalized spacial score (nSPS) is 12.2. The monoisotopic (exact) mass is 600 g/mol. The average Bonchev–Trinajstić information content (AvgIpc) is 3.51. The molecule has 0 aliphatic heterocycles. The molecule has 1 amide bonds. The number of aromatic nitrogens is 1. The van der Waals surface area contributed by atoms with Crippen molar-refractivity contribution in [3.05, 3.63) is 86.7 Å². The SMILES string of the molecule is O=C(O)Cc1nc(-c2ccc(-c3ccc(NC(=O)/C=C/c4cc(C(F)(F)F)cc(C(F)(F)F)c4)cc3Cl)o2)cs1. The summed E-state index contributed by atoms with van der Waals surface area (Å²) < 4.78 is 84.0. The van der Waals surface area contributed by atoms with E-state index in [-0.39, 0.29) is 23.2 Å². The number of alkyl halides is 6. The van der Waals surface area contributed by atoms with E-state index in [0.29, 0.717) is 39.9 Å². The Labute approximate surface area is 230 Å². The van der Waals surface area contributed by atoms with Crippen molar-refractivity contribution in [1.82, 2.24) is 4.98 Å². The van der Waals surface area contributed by atoms with Crippen molar-refractivity contribution in [3.63, 3.8) is 0 Å². The molecule has 2 aromatic carbocycles. The number of hydrogen-bond acceptors (Lipinski definition) is 5. The number of carboxylic acids is 1. The summed E-state index contributed by atoms with van der Waals surface area (Å²) in [6, 6.07) is 8.63. The number of hydrogen-bond donors (Lipinski definition) is 2. The molecule has 0 unspecified atom stereocenters. The van der Waals surface area contributed by atoms with E-state index in [1.165, 1.54) is 29.5 Å². The van der Waals surface area contributed by atoms with Crippen LogP contribution in [0.25, 0.3) is 28.9 Å². The largest absolute Gasteiger partial charge is 0.481 e. The van der Waals surface area contributed by atoms with Gasteiger partial charge in [-0.05, 0) is 60.2 Å². The van der Waals surface area contributed by atoms with Crippen LogP contribution in [0.3, 0.4) is 0 Å². The lowest BCUT2D eigenvalue weighted by molar-refractivity contribution is -0.143. The van der Waals surface area contributed by atoms with Gasteiger partial charge in [0.1, 0.15) is 16.5 Å². The van der Waals surface area contributed by atoms with Gasteiger partial charge in [-0.15, -0.1) is 11.3 Å². The molecular formula is C26H15ClF6N2O4S. The fourth-order valence-electron chi connectivity index (χ4n) is 3.48. The summed E-state index contributed by atoms with van der Waals surface area (Å²) in [5.41, 5.74) is -2.36. The number of rotatable bonds is 7. The zero-order valence-electron chi connectivity index (χ0n) is 19.7. The molecule has 2 heterocycles. The molecule has 14 heteroatoms.